The molecule has 0 aliphatic heterocycles. The first-order valence-electron chi connectivity index (χ1n) is 9.05. The molecule has 27 heavy (non-hydrogen) atoms. The van der Waals surface area contributed by atoms with Gasteiger partial charge in [0.05, 0.1) is 19.6 Å². The summed E-state index contributed by atoms with van der Waals surface area (Å²) in [5, 5.41) is 15.2. The van der Waals surface area contributed by atoms with Crippen LogP contribution in [-0.4, -0.2) is 29.1 Å². The van der Waals surface area contributed by atoms with Crippen molar-refractivity contribution in [3.63, 3.8) is 0 Å². The number of methoxy groups -OCH3 is 1. The molecule has 0 spiro atoms. The Bertz CT molecular complexity index is 746. The number of hydrogen-bond donors (Lipinski definition) is 2. The van der Waals surface area contributed by atoms with Crippen LogP contribution in [0.3, 0.4) is 0 Å². The molecule has 0 fully saturated rings. The first kappa shape index (κ1) is 20.8. The molecule has 0 aliphatic carbocycles. The fourth-order valence-corrected chi connectivity index (χ4v) is 3.42. The fourth-order valence-electron chi connectivity index (χ4n) is 2.62. The van der Waals surface area contributed by atoms with Crippen LogP contribution in [0.1, 0.15) is 56.1 Å². The molecule has 146 valence electrons. The Labute approximate surface area is 163 Å². The van der Waals surface area contributed by atoms with Gasteiger partial charge in [-0.3, -0.25) is 9.59 Å². The molecule has 1 atom stereocenters. The molecule has 2 amide bonds. The topological polar surface area (TPSA) is 93.2 Å². The summed E-state index contributed by atoms with van der Waals surface area (Å²) in [5.74, 6) is 0.299. The maximum Gasteiger partial charge on any atom is 0.228 e. The average Bonchev–Trinajstić information content (AvgIpc) is 3.08. The van der Waals surface area contributed by atoms with Crippen molar-refractivity contribution in [3.05, 3.63) is 34.8 Å². The Morgan fingerprint density at radius 2 is 1.93 bits per heavy atom. The lowest BCUT2D eigenvalue weighted by Gasteiger charge is -2.18. The predicted octanol–water partition coefficient (Wildman–Crippen LogP) is 3.49. The molecular formula is C19H26N4O3S. The van der Waals surface area contributed by atoms with E-state index in [1.54, 1.807) is 19.2 Å². The van der Waals surface area contributed by atoms with Crippen molar-refractivity contribution < 1.29 is 14.3 Å². The van der Waals surface area contributed by atoms with Crippen molar-refractivity contribution in [3.8, 4) is 5.75 Å². The van der Waals surface area contributed by atoms with Crippen LogP contribution < -0.4 is 15.4 Å². The SMILES string of the molecule is CCCCCc1nnc(NC(=O)CC(NC(C)=O)c2ccc(OC)cc2)s1. The molecule has 0 aliphatic rings. The van der Waals surface area contributed by atoms with Gasteiger partial charge in [0.1, 0.15) is 10.8 Å². The van der Waals surface area contributed by atoms with Gasteiger partial charge in [-0.1, -0.05) is 43.2 Å². The number of benzene rings is 1. The third-order valence-electron chi connectivity index (χ3n) is 3.99. The van der Waals surface area contributed by atoms with Gasteiger partial charge in [-0.2, -0.15) is 0 Å². The van der Waals surface area contributed by atoms with Crippen LogP contribution in [0.5, 0.6) is 5.75 Å². The zero-order chi connectivity index (χ0) is 19.6. The van der Waals surface area contributed by atoms with Crippen LogP contribution in [0.15, 0.2) is 24.3 Å². The minimum atomic E-state index is -0.426. The van der Waals surface area contributed by atoms with E-state index in [9.17, 15) is 9.59 Å². The molecule has 7 nitrogen and oxygen atoms in total. The van der Waals surface area contributed by atoms with Gasteiger partial charge in [0.25, 0.3) is 0 Å². The Morgan fingerprint density at radius 1 is 1.19 bits per heavy atom. The maximum atomic E-state index is 12.4. The molecule has 2 N–H and O–H groups in total. The van der Waals surface area contributed by atoms with Crippen molar-refractivity contribution in [2.75, 3.05) is 12.4 Å². The minimum Gasteiger partial charge on any atom is -0.497 e. The van der Waals surface area contributed by atoms with E-state index in [1.807, 2.05) is 12.1 Å². The Kier molecular flexibility index (Phi) is 8.19. The normalized spacial score (nSPS) is 11.7. The number of amides is 2. The quantitative estimate of drug-likeness (QED) is 0.606. The summed E-state index contributed by atoms with van der Waals surface area (Å²) in [6.45, 7) is 3.59. The Balaban J connectivity index is 1.97. The van der Waals surface area contributed by atoms with Gasteiger partial charge in [0.2, 0.25) is 16.9 Å². The van der Waals surface area contributed by atoms with Gasteiger partial charge in [0, 0.05) is 13.3 Å². The van der Waals surface area contributed by atoms with E-state index >= 15 is 0 Å². The number of rotatable bonds is 10. The molecule has 0 bridgehead atoms. The highest BCUT2D eigenvalue weighted by Gasteiger charge is 2.18. The lowest BCUT2D eigenvalue weighted by Crippen LogP contribution is -2.29. The van der Waals surface area contributed by atoms with Crippen molar-refractivity contribution in [2.45, 2.75) is 52.0 Å². The highest BCUT2D eigenvalue weighted by atomic mass is 32.1. The first-order chi connectivity index (χ1) is 13.0. The number of aromatic nitrogens is 2. The van der Waals surface area contributed by atoms with Gasteiger partial charge < -0.3 is 15.4 Å². The van der Waals surface area contributed by atoms with E-state index in [1.165, 1.54) is 18.3 Å². The van der Waals surface area contributed by atoms with Crippen molar-refractivity contribution in [1.29, 1.82) is 0 Å². The van der Waals surface area contributed by atoms with Crippen molar-refractivity contribution >= 4 is 28.3 Å². The van der Waals surface area contributed by atoms with E-state index in [-0.39, 0.29) is 18.2 Å². The highest BCUT2D eigenvalue weighted by molar-refractivity contribution is 7.15. The molecule has 1 unspecified atom stereocenters. The van der Waals surface area contributed by atoms with Crippen LogP contribution in [0.25, 0.3) is 0 Å². The van der Waals surface area contributed by atoms with Gasteiger partial charge >= 0.3 is 0 Å². The van der Waals surface area contributed by atoms with Gasteiger partial charge in [-0.25, -0.2) is 0 Å². The largest absolute Gasteiger partial charge is 0.497 e. The molecule has 0 saturated carbocycles. The Hall–Kier alpha value is -2.48. The van der Waals surface area contributed by atoms with Crippen LogP contribution in [0.2, 0.25) is 0 Å². The molecule has 1 aromatic carbocycles. The zero-order valence-electron chi connectivity index (χ0n) is 15.9. The highest BCUT2D eigenvalue weighted by Crippen LogP contribution is 2.22. The van der Waals surface area contributed by atoms with E-state index in [0.717, 1.165) is 36.3 Å². The molecular weight excluding hydrogens is 364 g/mol. The number of nitrogens with one attached hydrogen (secondary N) is 2. The smallest absolute Gasteiger partial charge is 0.228 e. The Morgan fingerprint density at radius 3 is 2.56 bits per heavy atom. The first-order valence-corrected chi connectivity index (χ1v) is 9.86. The van der Waals surface area contributed by atoms with Crippen molar-refractivity contribution in [1.82, 2.24) is 15.5 Å². The lowest BCUT2D eigenvalue weighted by atomic mass is 10.0. The van der Waals surface area contributed by atoms with Crippen LogP contribution in [-0.2, 0) is 16.0 Å². The van der Waals surface area contributed by atoms with E-state index < -0.39 is 6.04 Å². The van der Waals surface area contributed by atoms with E-state index in [0.29, 0.717) is 10.9 Å². The molecule has 2 rings (SSSR count). The maximum absolute atomic E-state index is 12.4. The molecule has 8 heteroatoms. The molecule has 1 aromatic heterocycles. The fraction of sp³-hybridized carbons (Fsp3) is 0.474. The summed E-state index contributed by atoms with van der Waals surface area (Å²) >= 11 is 1.40. The summed E-state index contributed by atoms with van der Waals surface area (Å²) in [6.07, 6.45) is 4.36. The average molecular weight is 391 g/mol. The number of aryl methyl sites for hydroxylation is 1. The molecule has 0 saturated heterocycles. The van der Waals surface area contributed by atoms with E-state index in [2.05, 4.69) is 27.8 Å². The van der Waals surface area contributed by atoms with Crippen LogP contribution in [0, 0.1) is 0 Å². The summed E-state index contributed by atoms with van der Waals surface area (Å²) in [7, 11) is 1.59. The molecule has 1 heterocycles. The summed E-state index contributed by atoms with van der Waals surface area (Å²) in [5.41, 5.74) is 0.832. The van der Waals surface area contributed by atoms with Gasteiger partial charge in [-0.15, -0.1) is 10.2 Å². The second kappa shape index (κ2) is 10.6. The van der Waals surface area contributed by atoms with Crippen LogP contribution >= 0.6 is 11.3 Å². The lowest BCUT2D eigenvalue weighted by molar-refractivity contribution is -0.120. The predicted molar refractivity (Wildman–Crippen MR) is 106 cm³/mol. The summed E-state index contributed by atoms with van der Waals surface area (Å²) < 4.78 is 5.15. The van der Waals surface area contributed by atoms with Crippen LogP contribution in [0.4, 0.5) is 5.13 Å². The number of carbonyl (C=O) groups excluding carboxylic acids is 2. The standard InChI is InChI=1S/C19H26N4O3S/c1-4-5-6-7-18-22-23-19(27-18)21-17(25)12-16(20-13(2)24)14-8-10-15(26-3)11-9-14/h8-11,16H,4-7,12H2,1-3H3,(H,20,24)(H,21,23,25). The zero-order valence-corrected chi connectivity index (χ0v) is 16.8. The number of unbranched alkanes of at least 4 members (excludes halogenated alkanes) is 2. The minimum absolute atomic E-state index is 0.108. The summed E-state index contributed by atoms with van der Waals surface area (Å²) in [6, 6.07) is 6.85. The number of carbonyl (C=O) groups is 2. The van der Waals surface area contributed by atoms with Crippen molar-refractivity contribution in [2.24, 2.45) is 0 Å². The number of ether oxygens (including phenoxy) is 1. The number of hydrogen-bond acceptors (Lipinski definition) is 6. The second-order valence-electron chi connectivity index (χ2n) is 6.24. The monoisotopic (exact) mass is 390 g/mol. The van der Waals surface area contributed by atoms with Gasteiger partial charge in [0.15, 0.2) is 0 Å². The second-order valence-corrected chi connectivity index (χ2v) is 7.30. The third-order valence-corrected chi connectivity index (χ3v) is 4.89. The van der Waals surface area contributed by atoms with Gasteiger partial charge in [-0.05, 0) is 24.1 Å². The van der Waals surface area contributed by atoms with E-state index in [4.69, 9.17) is 4.74 Å². The molecule has 0 radical (unpaired) electrons. The number of anilines is 1. The summed E-state index contributed by atoms with van der Waals surface area (Å²) in [4.78, 5) is 24.0. The third kappa shape index (κ3) is 6.97. The molecule has 2 aromatic rings. The number of nitrogens with zero attached hydrogens (tertiary/aromatic N) is 2.